The molecule has 0 bridgehead atoms. The van der Waals surface area contributed by atoms with E-state index in [9.17, 15) is 10.1 Å². The number of nitro benzene ring substituents is 1. The van der Waals surface area contributed by atoms with Crippen LogP contribution in [-0.4, -0.2) is 20.9 Å². The van der Waals surface area contributed by atoms with E-state index in [2.05, 4.69) is 17.1 Å². The second-order valence-corrected chi connectivity index (χ2v) is 7.58. The number of unbranched alkanes of at least 4 members (excludes halogenated alkanes) is 1. The molecule has 106 valence electrons. The van der Waals surface area contributed by atoms with Gasteiger partial charge in [0.15, 0.2) is 4.34 Å². The van der Waals surface area contributed by atoms with Crippen molar-refractivity contribution in [2.75, 3.05) is 5.75 Å². The van der Waals surface area contributed by atoms with E-state index >= 15 is 0 Å². The predicted octanol–water partition coefficient (Wildman–Crippen LogP) is 4.65. The number of rotatable bonds is 7. The molecule has 0 unspecified atom stereocenters. The van der Waals surface area contributed by atoms with E-state index in [4.69, 9.17) is 0 Å². The third kappa shape index (κ3) is 4.19. The monoisotopic (exact) mass is 327 g/mol. The highest BCUT2D eigenvalue weighted by Gasteiger charge is 2.10. The van der Waals surface area contributed by atoms with Crippen LogP contribution < -0.4 is 0 Å². The number of hydrogen-bond acceptors (Lipinski definition) is 7. The Kier molecular flexibility index (Phi) is 5.81. The summed E-state index contributed by atoms with van der Waals surface area (Å²) in [6.45, 7) is 2.17. The summed E-state index contributed by atoms with van der Waals surface area (Å²) in [7, 11) is 3.42. The highest BCUT2D eigenvalue weighted by molar-refractivity contribution is 8.77. The molecule has 1 aromatic carbocycles. The first-order valence-corrected chi connectivity index (χ1v) is 9.22. The molecule has 0 spiro atoms. The van der Waals surface area contributed by atoms with E-state index in [1.807, 2.05) is 0 Å². The van der Waals surface area contributed by atoms with Gasteiger partial charge in [-0.2, -0.15) is 0 Å². The summed E-state index contributed by atoms with van der Waals surface area (Å²) in [5, 5.41) is 19.6. The summed E-state index contributed by atoms with van der Waals surface area (Å²) >= 11 is 1.51. The largest absolute Gasteiger partial charge is 0.269 e. The van der Waals surface area contributed by atoms with E-state index in [-0.39, 0.29) is 5.69 Å². The van der Waals surface area contributed by atoms with Gasteiger partial charge in [-0.3, -0.25) is 10.1 Å². The van der Waals surface area contributed by atoms with Gasteiger partial charge >= 0.3 is 0 Å². The Balaban J connectivity index is 1.99. The fourth-order valence-electron chi connectivity index (χ4n) is 1.38. The lowest BCUT2D eigenvalue weighted by Crippen LogP contribution is -1.86. The highest BCUT2D eigenvalue weighted by Crippen LogP contribution is 2.36. The Morgan fingerprint density at radius 1 is 1.30 bits per heavy atom. The second kappa shape index (κ2) is 7.61. The molecule has 0 amide bonds. The van der Waals surface area contributed by atoms with Gasteiger partial charge in [0.2, 0.25) is 0 Å². The van der Waals surface area contributed by atoms with E-state index < -0.39 is 4.92 Å². The van der Waals surface area contributed by atoms with Crippen LogP contribution in [-0.2, 0) is 0 Å². The van der Waals surface area contributed by atoms with E-state index in [1.54, 1.807) is 33.7 Å². The number of non-ortho nitro benzene ring substituents is 1. The molecular formula is C12H13N3O2S3. The summed E-state index contributed by atoms with van der Waals surface area (Å²) in [5.41, 5.74) is 0.946. The Morgan fingerprint density at radius 2 is 2.05 bits per heavy atom. The van der Waals surface area contributed by atoms with Gasteiger partial charge in [0.1, 0.15) is 5.01 Å². The van der Waals surface area contributed by atoms with Crippen molar-refractivity contribution >= 4 is 38.6 Å². The second-order valence-electron chi connectivity index (χ2n) is 3.94. The zero-order valence-corrected chi connectivity index (χ0v) is 13.3. The third-order valence-electron chi connectivity index (χ3n) is 2.44. The molecule has 0 aliphatic heterocycles. The minimum absolute atomic E-state index is 0.0861. The van der Waals surface area contributed by atoms with Crippen LogP contribution in [0.25, 0.3) is 10.6 Å². The molecule has 0 fully saturated rings. The van der Waals surface area contributed by atoms with Crippen LogP contribution >= 0.6 is 32.9 Å². The van der Waals surface area contributed by atoms with E-state index in [0.717, 1.165) is 20.7 Å². The molecule has 8 heteroatoms. The van der Waals surface area contributed by atoms with Crippen LogP contribution in [0, 0.1) is 10.1 Å². The van der Waals surface area contributed by atoms with Gasteiger partial charge in [0.05, 0.1) is 4.92 Å². The highest BCUT2D eigenvalue weighted by atomic mass is 33.1. The lowest BCUT2D eigenvalue weighted by molar-refractivity contribution is -0.384. The molecule has 5 nitrogen and oxygen atoms in total. The first kappa shape index (κ1) is 15.3. The molecule has 1 aromatic heterocycles. The van der Waals surface area contributed by atoms with Crippen molar-refractivity contribution in [2.24, 2.45) is 0 Å². The molecule has 0 N–H and O–H groups in total. The number of aromatic nitrogens is 2. The fraction of sp³-hybridized carbons (Fsp3) is 0.333. The minimum Gasteiger partial charge on any atom is -0.258 e. The predicted molar refractivity (Wildman–Crippen MR) is 85.2 cm³/mol. The molecule has 2 rings (SSSR count). The SMILES string of the molecule is CCCCSSc1nnc(-c2ccc([N+](=O)[O-])cc2)s1. The first-order valence-electron chi connectivity index (χ1n) is 6.08. The summed E-state index contributed by atoms with van der Waals surface area (Å²) < 4.78 is 0.916. The molecule has 20 heavy (non-hydrogen) atoms. The average Bonchev–Trinajstić information content (AvgIpc) is 2.92. The molecular weight excluding hydrogens is 314 g/mol. The first-order chi connectivity index (χ1) is 9.70. The van der Waals surface area contributed by atoms with Gasteiger partial charge in [-0.15, -0.1) is 10.2 Å². The zero-order chi connectivity index (χ0) is 14.4. The number of benzene rings is 1. The van der Waals surface area contributed by atoms with Gasteiger partial charge < -0.3 is 0 Å². The van der Waals surface area contributed by atoms with Crippen LogP contribution in [0.15, 0.2) is 28.6 Å². The normalized spacial score (nSPS) is 10.7. The zero-order valence-electron chi connectivity index (χ0n) is 10.8. The van der Waals surface area contributed by atoms with Gasteiger partial charge in [-0.25, -0.2) is 0 Å². The van der Waals surface area contributed by atoms with Crippen molar-refractivity contribution in [3.8, 4) is 10.6 Å². The summed E-state index contributed by atoms with van der Waals surface area (Å²) in [4.78, 5) is 10.2. The van der Waals surface area contributed by atoms with E-state index in [1.165, 1.54) is 36.3 Å². The van der Waals surface area contributed by atoms with Crippen molar-refractivity contribution in [1.82, 2.24) is 10.2 Å². The van der Waals surface area contributed by atoms with Gasteiger partial charge in [0.25, 0.3) is 5.69 Å². The van der Waals surface area contributed by atoms with Crippen molar-refractivity contribution in [2.45, 2.75) is 24.1 Å². The van der Waals surface area contributed by atoms with Crippen molar-refractivity contribution in [3.05, 3.63) is 34.4 Å². The molecule has 0 aliphatic rings. The van der Waals surface area contributed by atoms with E-state index in [0.29, 0.717) is 0 Å². The Bertz CT molecular complexity index is 572. The molecule has 0 saturated carbocycles. The average molecular weight is 327 g/mol. The van der Waals surface area contributed by atoms with Crippen molar-refractivity contribution in [3.63, 3.8) is 0 Å². The van der Waals surface area contributed by atoms with Gasteiger partial charge in [-0.1, -0.05) is 35.5 Å². The van der Waals surface area contributed by atoms with Gasteiger partial charge in [0, 0.05) is 23.4 Å². The molecule has 0 aliphatic carbocycles. The van der Waals surface area contributed by atoms with Crippen molar-refractivity contribution < 1.29 is 4.92 Å². The van der Waals surface area contributed by atoms with Crippen LogP contribution in [0.2, 0.25) is 0 Å². The quantitative estimate of drug-likeness (QED) is 0.319. The number of nitrogens with zero attached hydrogens (tertiary/aromatic N) is 3. The topological polar surface area (TPSA) is 68.9 Å². The van der Waals surface area contributed by atoms with Crippen LogP contribution in [0.1, 0.15) is 19.8 Å². The van der Waals surface area contributed by atoms with Crippen LogP contribution in [0.3, 0.4) is 0 Å². The number of nitro groups is 1. The number of hydrogen-bond donors (Lipinski definition) is 0. The Labute approximate surface area is 128 Å². The lowest BCUT2D eigenvalue weighted by Gasteiger charge is -1.95. The smallest absolute Gasteiger partial charge is 0.258 e. The molecule has 0 saturated heterocycles. The summed E-state index contributed by atoms with van der Waals surface area (Å²) in [6, 6.07) is 6.38. The maximum absolute atomic E-state index is 10.6. The van der Waals surface area contributed by atoms with Crippen molar-refractivity contribution in [1.29, 1.82) is 0 Å². The molecule has 0 atom stereocenters. The fourth-order valence-corrected chi connectivity index (χ4v) is 4.75. The van der Waals surface area contributed by atoms with Crippen LogP contribution in [0.5, 0.6) is 0 Å². The third-order valence-corrected chi connectivity index (χ3v) is 6.15. The maximum Gasteiger partial charge on any atom is 0.269 e. The molecule has 1 heterocycles. The summed E-state index contributed by atoms with van der Waals surface area (Å²) in [5.74, 6) is 1.10. The Morgan fingerprint density at radius 3 is 2.70 bits per heavy atom. The van der Waals surface area contributed by atoms with Crippen LogP contribution in [0.4, 0.5) is 5.69 Å². The minimum atomic E-state index is -0.407. The maximum atomic E-state index is 10.6. The lowest BCUT2D eigenvalue weighted by atomic mass is 10.2. The Hall–Kier alpha value is -1.12. The molecule has 0 radical (unpaired) electrons. The summed E-state index contributed by atoms with van der Waals surface area (Å²) in [6.07, 6.45) is 2.39. The van der Waals surface area contributed by atoms with Gasteiger partial charge in [-0.05, 0) is 29.3 Å². The standard InChI is InChI=1S/C12H13N3O2S3/c1-2-3-8-18-20-12-14-13-11(19-12)9-4-6-10(7-5-9)15(16)17/h4-7H,2-3,8H2,1H3. The molecule has 2 aromatic rings.